The molecular formula is C23H23FN8O. The fourth-order valence-electron chi connectivity index (χ4n) is 4.30. The smallest absolute Gasteiger partial charge is 0.247 e. The van der Waals surface area contributed by atoms with E-state index in [2.05, 4.69) is 25.9 Å². The Morgan fingerprint density at radius 2 is 2.00 bits per heavy atom. The molecule has 1 unspecified atom stereocenters. The maximum atomic E-state index is 13.2. The van der Waals surface area contributed by atoms with E-state index in [1.54, 1.807) is 16.6 Å². The molecule has 0 radical (unpaired) electrons. The molecule has 1 saturated carbocycles. The Morgan fingerprint density at radius 1 is 1.15 bits per heavy atom. The van der Waals surface area contributed by atoms with Crippen LogP contribution in [0.5, 0.6) is 0 Å². The number of benzene rings is 1. The van der Waals surface area contributed by atoms with Crippen LogP contribution in [0.3, 0.4) is 0 Å². The Hall–Kier alpha value is -3.95. The third-order valence-corrected chi connectivity index (χ3v) is 6.17. The molecule has 3 aromatic heterocycles. The summed E-state index contributed by atoms with van der Waals surface area (Å²) in [4.78, 5) is 19.7. The van der Waals surface area contributed by atoms with Crippen molar-refractivity contribution in [3.05, 3.63) is 60.2 Å². The largest absolute Gasteiger partial charge is 0.327 e. The number of halogens is 1. The monoisotopic (exact) mass is 446 g/mol. The molecule has 6 rings (SSSR count). The summed E-state index contributed by atoms with van der Waals surface area (Å²) in [6.07, 6.45) is 5.78. The fraction of sp³-hybridized carbons (Fsp3) is 0.304. The molecule has 168 valence electrons. The standard InChI is InChI=1S/C23H23FN8O/c24-15-7-9-16(10-8-15)25-22(33)19-4-1-11-31(19)23-27-21(18-3-2-12-32(18)30-23)26-20-13-17(28-29-20)14-5-6-14/h2-3,7-10,12-14,19H,1,4-6,11H2,(H,25,33)(H2,26,27,28,29,30). The minimum atomic E-state index is -0.414. The van der Waals surface area contributed by atoms with E-state index in [0.29, 0.717) is 42.2 Å². The molecule has 3 N–H and O–H groups in total. The highest BCUT2D eigenvalue weighted by Gasteiger charge is 2.33. The lowest BCUT2D eigenvalue weighted by atomic mass is 10.2. The first-order valence-corrected chi connectivity index (χ1v) is 11.1. The van der Waals surface area contributed by atoms with Crippen molar-refractivity contribution in [2.75, 3.05) is 22.1 Å². The van der Waals surface area contributed by atoms with Crippen molar-refractivity contribution in [3.8, 4) is 0 Å². The number of fused-ring (bicyclic) bond motifs is 1. The number of aromatic amines is 1. The normalized spacial score (nSPS) is 18.1. The molecule has 0 bridgehead atoms. The number of nitrogens with one attached hydrogen (secondary N) is 3. The first kappa shape index (κ1) is 19.7. The molecule has 1 aliphatic carbocycles. The molecule has 2 fully saturated rings. The van der Waals surface area contributed by atoms with Gasteiger partial charge in [-0.15, -0.1) is 5.10 Å². The maximum Gasteiger partial charge on any atom is 0.247 e. The number of nitrogens with zero attached hydrogens (tertiary/aromatic N) is 5. The summed E-state index contributed by atoms with van der Waals surface area (Å²) < 4.78 is 15.0. The lowest BCUT2D eigenvalue weighted by molar-refractivity contribution is -0.117. The van der Waals surface area contributed by atoms with Crippen LogP contribution in [0.4, 0.5) is 27.7 Å². The van der Waals surface area contributed by atoms with Crippen LogP contribution in [0.1, 0.15) is 37.3 Å². The SMILES string of the molecule is O=C(Nc1ccc(F)cc1)C1CCCN1c1nc(Nc2cc(C3CC3)[nH]n2)c2cccn2n1. The average molecular weight is 446 g/mol. The summed E-state index contributed by atoms with van der Waals surface area (Å²) in [5, 5.41) is 18.3. The lowest BCUT2D eigenvalue weighted by Crippen LogP contribution is -2.40. The number of hydrogen-bond donors (Lipinski definition) is 3. The van der Waals surface area contributed by atoms with Gasteiger partial charge in [0.2, 0.25) is 11.9 Å². The van der Waals surface area contributed by atoms with Crippen LogP contribution >= 0.6 is 0 Å². The molecule has 0 spiro atoms. The van der Waals surface area contributed by atoms with Crippen molar-refractivity contribution in [2.24, 2.45) is 0 Å². The Labute approximate surface area is 189 Å². The van der Waals surface area contributed by atoms with Crippen molar-refractivity contribution in [1.29, 1.82) is 0 Å². The van der Waals surface area contributed by atoms with Crippen molar-refractivity contribution in [3.63, 3.8) is 0 Å². The van der Waals surface area contributed by atoms with Gasteiger partial charge < -0.3 is 15.5 Å². The molecule has 1 saturated heterocycles. The van der Waals surface area contributed by atoms with Gasteiger partial charge in [0.05, 0.1) is 0 Å². The second-order valence-electron chi connectivity index (χ2n) is 8.55. The van der Waals surface area contributed by atoms with Gasteiger partial charge in [-0.1, -0.05) is 0 Å². The van der Waals surface area contributed by atoms with E-state index in [1.165, 1.54) is 25.0 Å². The molecular weight excluding hydrogens is 423 g/mol. The summed E-state index contributed by atoms with van der Waals surface area (Å²) >= 11 is 0. The predicted molar refractivity (Wildman–Crippen MR) is 122 cm³/mol. The molecule has 1 atom stereocenters. The molecule has 10 heteroatoms. The molecule has 9 nitrogen and oxygen atoms in total. The van der Waals surface area contributed by atoms with E-state index < -0.39 is 6.04 Å². The molecule has 2 aliphatic rings. The van der Waals surface area contributed by atoms with Crippen LogP contribution in [-0.4, -0.2) is 43.3 Å². The van der Waals surface area contributed by atoms with Gasteiger partial charge >= 0.3 is 0 Å². The topological polar surface area (TPSA) is 103 Å². The van der Waals surface area contributed by atoms with Crippen LogP contribution in [0.25, 0.3) is 5.52 Å². The second kappa shape index (κ2) is 7.88. The zero-order valence-corrected chi connectivity index (χ0v) is 17.8. The van der Waals surface area contributed by atoms with Crippen molar-refractivity contribution < 1.29 is 9.18 Å². The van der Waals surface area contributed by atoms with Gasteiger partial charge in [-0.2, -0.15) is 10.1 Å². The second-order valence-corrected chi connectivity index (χ2v) is 8.55. The van der Waals surface area contributed by atoms with Crippen LogP contribution in [0.2, 0.25) is 0 Å². The number of hydrogen-bond acceptors (Lipinski definition) is 6. The summed E-state index contributed by atoms with van der Waals surface area (Å²) in [6.45, 7) is 0.669. The van der Waals surface area contributed by atoms with Crippen LogP contribution in [0, 0.1) is 5.82 Å². The quantitative estimate of drug-likeness (QED) is 0.416. The molecule has 1 aliphatic heterocycles. The number of carbonyl (C=O) groups excluding carboxylic acids is 1. The van der Waals surface area contributed by atoms with Gasteiger partial charge in [-0.25, -0.2) is 8.91 Å². The van der Waals surface area contributed by atoms with Crippen LogP contribution in [-0.2, 0) is 4.79 Å². The highest BCUT2D eigenvalue weighted by Crippen LogP contribution is 2.39. The van der Waals surface area contributed by atoms with E-state index >= 15 is 0 Å². The minimum Gasteiger partial charge on any atom is -0.327 e. The van der Waals surface area contributed by atoms with Gasteiger partial charge in [-0.3, -0.25) is 9.89 Å². The van der Waals surface area contributed by atoms with Gasteiger partial charge in [-0.05, 0) is 62.1 Å². The first-order valence-electron chi connectivity index (χ1n) is 11.1. The van der Waals surface area contributed by atoms with Crippen molar-refractivity contribution in [1.82, 2.24) is 24.8 Å². The minimum absolute atomic E-state index is 0.161. The van der Waals surface area contributed by atoms with E-state index in [0.717, 1.165) is 17.6 Å². The van der Waals surface area contributed by atoms with Crippen molar-refractivity contribution >= 4 is 34.7 Å². The highest BCUT2D eigenvalue weighted by atomic mass is 19.1. The lowest BCUT2D eigenvalue weighted by Gasteiger charge is -2.24. The molecule has 1 aromatic carbocycles. The van der Waals surface area contributed by atoms with Gasteiger partial charge in [0.1, 0.15) is 17.4 Å². The Morgan fingerprint density at radius 3 is 2.82 bits per heavy atom. The number of amides is 1. The third-order valence-electron chi connectivity index (χ3n) is 6.17. The fourth-order valence-corrected chi connectivity index (χ4v) is 4.30. The average Bonchev–Trinajstić information content (AvgIpc) is 3.20. The Kier molecular flexibility index (Phi) is 4.70. The number of anilines is 4. The molecule has 33 heavy (non-hydrogen) atoms. The van der Waals surface area contributed by atoms with E-state index in [-0.39, 0.29) is 11.7 Å². The molecule has 4 heterocycles. The Balaban J connectivity index is 1.27. The summed E-state index contributed by atoms with van der Waals surface area (Å²) in [6, 6.07) is 11.2. The zero-order chi connectivity index (χ0) is 22.4. The van der Waals surface area contributed by atoms with Gasteiger partial charge in [0.15, 0.2) is 11.6 Å². The van der Waals surface area contributed by atoms with Crippen LogP contribution in [0.15, 0.2) is 48.7 Å². The van der Waals surface area contributed by atoms with Crippen LogP contribution < -0.4 is 15.5 Å². The number of H-pyrrole nitrogens is 1. The summed E-state index contributed by atoms with van der Waals surface area (Å²) in [7, 11) is 0. The number of aromatic nitrogens is 5. The Bertz CT molecular complexity index is 1310. The van der Waals surface area contributed by atoms with E-state index in [4.69, 9.17) is 4.98 Å². The summed E-state index contributed by atoms with van der Waals surface area (Å²) in [5.74, 6) is 1.87. The molecule has 1 amide bonds. The van der Waals surface area contributed by atoms with Crippen molar-refractivity contribution in [2.45, 2.75) is 37.6 Å². The third kappa shape index (κ3) is 3.88. The van der Waals surface area contributed by atoms with Gasteiger partial charge in [0, 0.05) is 36.1 Å². The zero-order valence-electron chi connectivity index (χ0n) is 17.8. The number of carbonyl (C=O) groups is 1. The van der Waals surface area contributed by atoms with E-state index in [9.17, 15) is 9.18 Å². The van der Waals surface area contributed by atoms with E-state index in [1.807, 2.05) is 29.3 Å². The predicted octanol–water partition coefficient (Wildman–Crippen LogP) is 3.82. The summed E-state index contributed by atoms with van der Waals surface area (Å²) in [5.41, 5.74) is 2.51. The number of rotatable bonds is 6. The highest BCUT2D eigenvalue weighted by molar-refractivity contribution is 5.97. The maximum absolute atomic E-state index is 13.2. The first-order chi connectivity index (χ1) is 16.1. The van der Waals surface area contributed by atoms with Gasteiger partial charge in [0.25, 0.3) is 0 Å². The molecule has 4 aromatic rings.